The number of ether oxygens (including phenoxy) is 1. The summed E-state index contributed by atoms with van der Waals surface area (Å²) in [5.41, 5.74) is 2.05. The maximum absolute atomic E-state index is 5.98. The van der Waals surface area contributed by atoms with Gasteiger partial charge in [0.25, 0.3) is 5.89 Å². The molecule has 1 aromatic heterocycles. The predicted molar refractivity (Wildman–Crippen MR) is 94.3 cm³/mol. The van der Waals surface area contributed by atoms with E-state index in [0.717, 1.165) is 5.69 Å². The first-order valence-electron chi connectivity index (χ1n) is 7.30. The number of nitrogens with one attached hydrogen (secondary N) is 1. The number of nitrogens with zero attached hydrogens (tertiary/aromatic N) is 2. The van der Waals surface area contributed by atoms with Crippen molar-refractivity contribution in [1.29, 1.82) is 0 Å². The molecular weight excluding hydrogens is 349 g/mol. The van der Waals surface area contributed by atoms with E-state index in [9.17, 15) is 0 Å². The SMILES string of the molecule is Cc1ccc(Nc2nnc(C(C)Oc3ccc(Cl)c(Cl)c3)o2)cc1. The van der Waals surface area contributed by atoms with E-state index in [-0.39, 0.29) is 0 Å². The van der Waals surface area contributed by atoms with Gasteiger partial charge in [0.2, 0.25) is 0 Å². The van der Waals surface area contributed by atoms with Crippen LogP contribution in [-0.4, -0.2) is 10.2 Å². The number of hydrogen-bond acceptors (Lipinski definition) is 5. The fourth-order valence-electron chi connectivity index (χ4n) is 2.01. The molecule has 1 N–H and O–H groups in total. The van der Waals surface area contributed by atoms with Crippen LogP contribution in [0.15, 0.2) is 46.9 Å². The van der Waals surface area contributed by atoms with Crippen LogP contribution >= 0.6 is 23.2 Å². The van der Waals surface area contributed by atoms with E-state index in [2.05, 4.69) is 15.5 Å². The van der Waals surface area contributed by atoms with E-state index in [1.165, 1.54) is 5.56 Å². The van der Waals surface area contributed by atoms with E-state index in [1.54, 1.807) is 18.2 Å². The molecule has 0 radical (unpaired) electrons. The lowest BCUT2D eigenvalue weighted by molar-refractivity contribution is 0.190. The Kier molecular flexibility index (Phi) is 4.92. The summed E-state index contributed by atoms with van der Waals surface area (Å²) in [7, 11) is 0. The molecule has 0 saturated heterocycles. The highest BCUT2D eigenvalue weighted by molar-refractivity contribution is 6.42. The second-order valence-electron chi connectivity index (χ2n) is 5.27. The molecule has 1 unspecified atom stereocenters. The summed E-state index contributed by atoms with van der Waals surface area (Å²) in [6, 6.07) is 13.2. The predicted octanol–water partition coefficient (Wildman–Crippen LogP) is 5.57. The topological polar surface area (TPSA) is 60.2 Å². The maximum Gasteiger partial charge on any atom is 0.320 e. The number of rotatable bonds is 5. The molecule has 0 spiro atoms. The summed E-state index contributed by atoms with van der Waals surface area (Å²) >= 11 is 11.9. The summed E-state index contributed by atoms with van der Waals surface area (Å²) < 4.78 is 11.3. The Morgan fingerprint density at radius 1 is 1.04 bits per heavy atom. The van der Waals surface area contributed by atoms with Crippen LogP contribution in [0.5, 0.6) is 5.75 Å². The van der Waals surface area contributed by atoms with Crippen LogP contribution in [0.2, 0.25) is 10.0 Å². The van der Waals surface area contributed by atoms with Crippen molar-refractivity contribution in [2.24, 2.45) is 0 Å². The van der Waals surface area contributed by atoms with E-state index >= 15 is 0 Å². The molecule has 0 fully saturated rings. The third kappa shape index (κ3) is 3.99. The van der Waals surface area contributed by atoms with Crippen molar-refractivity contribution in [2.45, 2.75) is 20.0 Å². The molecule has 1 heterocycles. The highest BCUT2D eigenvalue weighted by Crippen LogP contribution is 2.29. The Labute approximate surface area is 149 Å². The Hall–Kier alpha value is -2.24. The van der Waals surface area contributed by atoms with Gasteiger partial charge in [0.15, 0.2) is 6.10 Å². The molecule has 24 heavy (non-hydrogen) atoms. The first kappa shape index (κ1) is 16.6. The van der Waals surface area contributed by atoms with Crippen molar-refractivity contribution in [1.82, 2.24) is 10.2 Å². The van der Waals surface area contributed by atoms with Crippen LogP contribution in [0.4, 0.5) is 11.7 Å². The highest BCUT2D eigenvalue weighted by Gasteiger charge is 2.16. The normalized spacial score (nSPS) is 12.0. The second kappa shape index (κ2) is 7.11. The fourth-order valence-corrected chi connectivity index (χ4v) is 2.30. The summed E-state index contributed by atoms with van der Waals surface area (Å²) in [6.07, 6.45) is -0.427. The number of hydrogen-bond donors (Lipinski definition) is 1. The van der Waals surface area contributed by atoms with Crippen molar-refractivity contribution in [3.63, 3.8) is 0 Å². The minimum atomic E-state index is -0.427. The molecule has 0 aliphatic carbocycles. The lowest BCUT2D eigenvalue weighted by atomic mass is 10.2. The Morgan fingerprint density at radius 2 is 1.79 bits per heavy atom. The first-order chi connectivity index (χ1) is 11.5. The second-order valence-corrected chi connectivity index (χ2v) is 6.09. The third-order valence-electron chi connectivity index (χ3n) is 3.30. The summed E-state index contributed by atoms with van der Waals surface area (Å²) in [4.78, 5) is 0. The van der Waals surface area contributed by atoms with Gasteiger partial charge in [-0.05, 0) is 38.1 Å². The van der Waals surface area contributed by atoms with Crippen LogP contribution in [0.3, 0.4) is 0 Å². The average molecular weight is 364 g/mol. The van der Waals surface area contributed by atoms with Crippen molar-refractivity contribution in [3.05, 3.63) is 64.0 Å². The molecule has 0 aliphatic rings. The lowest BCUT2D eigenvalue weighted by Gasteiger charge is -2.11. The molecule has 3 rings (SSSR count). The third-order valence-corrected chi connectivity index (χ3v) is 4.03. The average Bonchev–Trinajstić information content (AvgIpc) is 3.02. The zero-order valence-electron chi connectivity index (χ0n) is 13.1. The summed E-state index contributed by atoms with van der Waals surface area (Å²) in [5, 5.41) is 11.9. The molecule has 0 bridgehead atoms. The van der Waals surface area contributed by atoms with Gasteiger partial charge in [-0.2, -0.15) is 0 Å². The molecule has 3 aromatic rings. The van der Waals surface area contributed by atoms with E-state index < -0.39 is 6.10 Å². The van der Waals surface area contributed by atoms with Gasteiger partial charge in [0.1, 0.15) is 5.75 Å². The lowest BCUT2D eigenvalue weighted by Crippen LogP contribution is -2.03. The minimum Gasteiger partial charge on any atom is -0.481 e. The van der Waals surface area contributed by atoms with Crippen LogP contribution in [0.25, 0.3) is 0 Å². The molecule has 124 valence electrons. The molecule has 0 saturated carbocycles. The molecule has 1 atom stereocenters. The van der Waals surface area contributed by atoms with E-state index in [1.807, 2.05) is 38.1 Å². The smallest absolute Gasteiger partial charge is 0.320 e. The van der Waals surface area contributed by atoms with Crippen LogP contribution < -0.4 is 10.1 Å². The zero-order valence-corrected chi connectivity index (χ0v) is 14.6. The standard InChI is InChI=1S/C17H15Cl2N3O2/c1-10-3-5-12(6-4-10)20-17-22-21-16(24-17)11(2)23-13-7-8-14(18)15(19)9-13/h3-9,11H,1-2H3,(H,20,22). The number of benzene rings is 2. The van der Waals surface area contributed by atoms with Crippen LogP contribution in [0.1, 0.15) is 24.5 Å². The Morgan fingerprint density at radius 3 is 2.50 bits per heavy atom. The number of aryl methyl sites for hydroxylation is 1. The highest BCUT2D eigenvalue weighted by atomic mass is 35.5. The maximum atomic E-state index is 5.98. The first-order valence-corrected chi connectivity index (χ1v) is 8.05. The van der Waals surface area contributed by atoms with Crippen molar-refractivity contribution >= 4 is 34.9 Å². The zero-order chi connectivity index (χ0) is 17.1. The fraction of sp³-hybridized carbons (Fsp3) is 0.176. The molecule has 0 aliphatic heterocycles. The van der Waals surface area contributed by atoms with Crippen LogP contribution in [0, 0.1) is 6.92 Å². The summed E-state index contributed by atoms with van der Waals surface area (Å²) in [6.45, 7) is 3.84. The van der Waals surface area contributed by atoms with Gasteiger partial charge in [-0.1, -0.05) is 46.0 Å². The Balaban J connectivity index is 1.67. The van der Waals surface area contributed by atoms with Gasteiger partial charge >= 0.3 is 6.01 Å². The molecule has 5 nitrogen and oxygen atoms in total. The van der Waals surface area contributed by atoms with Gasteiger partial charge in [-0.15, -0.1) is 5.10 Å². The number of aromatic nitrogens is 2. The van der Waals surface area contributed by atoms with Gasteiger partial charge in [-0.25, -0.2) is 0 Å². The van der Waals surface area contributed by atoms with Gasteiger partial charge < -0.3 is 14.5 Å². The van der Waals surface area contributed by atoms with Crippen LogP contribution in [-0.2, 0) is 0 Å². The van der Waals surface area contributed by atoms with Crippen molar-refractivity contribution in [3.8, 4) is 5.75 Å². The summed E-state index contributed by atoms with van der Waals surface area (Å²) in [5.74, 6) is 0.929. The molecule has 0 amide bonds. The quantitative estimate of drug-likeness (QED) is 0.641. The molecule has 7 heteroatoms. The minimum absolute atomic E-state index is 0.304. The largest absolute Gasteiger partial charge is 0.481 e. The van der Waals surface area contributed by atoms with E-state index in [4.69, 9.17) is 32.4 Å². The van der Waals surface area contributed by atoms with E-state index in [0.29, 0.717) is 27.7 Å². The van der Waals surface area contributed by atoms with Gasteiger partial charge in [0, 0.05) is 11.8 Å². The van der Waals surface area contributed by atoms with Crippen molar-refractivity contribution < 1.29 is 9.15 Å². The van der Waals surface area contributed by atoms with Gasteiger partial charge in [0.05, 0.1) is 10.0 Å². The molecular formula is C17H15Cl2N3O2. The van der Waals surface area contributed by atoms with Gasteiger partial charge in [-0.3, -0.25) is 0 Å². The number of anilines is 2. The Bertz CT molecular complexity index is 834. The molecule has 2 aromatic carbocycles. The monoisotopic (exact) mass is 363 g/mol. The van der Waals surface area contributed by atoms with Crippen molar-refractivity contribution in [2.75, 3.05) is 5.32 Å². The number of halogens is 2.